The molecule has 4 aliphatic rings. The van der Waals surface area contributed by atoms with Gasteiger partial charge in [-0.2, -0.15) is 0 Å². The van der Waals surface area contributed by atoms with Crippen molar-refractivity contribution in [2.24, 2.45) is 28.6 Å². The normalized spacial score (nSPS) is 41.8. The third-order valence-electron chi connectivity index (χ3n) is 9.61. The van der Waals surface area contributed by atoms with Crippen molar-refractivity contribution in [3.8, 4) is 0 Å². The van der Waals surface area contributed by atoms with Crippen LogP contribution in [0.25, 0.3) is 0 Å². The van der Waals surface area contributed by atoms with Gasteiger partial charge in [0.05, 0.1) is 0 Å². The van der Waals surface area contributed by atoms with Gasteiger partial charge in [-0.1, -0.05) is 26.3 Å². The molecule has 7 atom stereocenters. The molecule has 182 valence electrons. The van der Waals surface area contributed by atoms with Crippen LogP contribution in [-0.4, -0.2) is 40.5 Å². The van der Waals surface area contributed by atoms with Crippen LogP contribution in [0.2, 0.25) is 0 Å². The number of esters is 2. The Balaban J connectivity index is 1.74. The molecular formula is C26H36O7. The second-order valence-electron chi connectivity index (χ2n) is 11.2. The number of hydrogen-bond acceptors (Lipinski definition) is 6. The van der Waals surface area contributed by atoms with Gasteiger partial charge in [-0.15, -0.1) is 0 Å². The number of rotatable bonds is 5. The Morgan fingerprint density at radius 1 is 1.09 bits per heavy atom. The van der Waals surface area contributed by atoms with E-state index in [0.717, 1.165) is 37.7 Å². The van der Waals surface area contributed by atoms with Crippen LogP contribution in [0.5, 0.6) is 0 Å². The predicted octanol–water partition coefficient (Wildman–Crippen LogP) is 4.23. The van der Waals surface area contributed by atoms with Crippen molar-refractivity contribution in [2.45, 2.75) is 97.2 Å². The van der Waals surface area contributed by atoms with Crippen molar-refractivity contribution >= 4 is 23.7 Å². The maximum atomic E-state index is 12.5. The van der Waals surface area contributed by atoms with E-state index < -0.39 is 30.1 Å². The molecule has 0 saturated heterocycles. The van der Waals surface area contributed by atoms with Crippen LogP contribution >= 0.6 is 0 Å². The molecule has 0 spiro atoms. The molecule has 0 bridgehead atoms. The van der Waals surface area contributed by atoms with Gasteiger partial charge < -0.3 is 14.6 Å². The highest BCUT2D eigenvalue weighted by Crippen LogP contribution is 2.68. The van der Waals surface area contributed by atoms with E-state index in [1.165, 1.54) is 0 Å². The summed E-state index contributed by atoms with van der Waals surface area (Å²) in [6.45, 7) is 8.13. The number of hydrogen-bond donors (Lipinski definition) is 1. The SMILES string of the molecule is CCC(=O)O[C@@]1(C)CCC2C3CCC4=CC(=O)CC[C@]4(C)C3[C@H](OC(=O)CC(=O)O)C[C@@]21C. The average Bonchev–Trinajstić information content (AvgIpc) is 2.97. The Labute approximate surface area is 195 Å². The highest BCUT2D eigenvalue weighted by Gasteiger charge is 2.67. The van der Waals surface area contributed by atoms with Gasteiger partial charge in [0, 0.05) is 24.2 Å². The van der Waals surface area contributed by atoms with E-state index in [4.69, 9.17) is 14.6 Å². The Hall–Kier alpha value is -2.18. The van der Waals surface area contributed by atoms with Crippen molar-refractivity contribution in [3.05, 3.63) is 11.6 Å². The Kier molecular flexibility index (Phi) is 5.98. The third kappa shape index (κ3) is 3.81. The van der Waals surface area contributed by atoms with Gasteiger partial charge >= 0.3 is 17.9 Å². The smallest absolute Gasteiger partial charge is 0.317 e. The molecule has 3 fully saturated rings. The van der Waals surface area contributed by atoms with Crippen LogP contribution in [0, 0.1) is 28.6 Å². The molecule has 4 rings (SSSR count). The molecule has 0 aromatic carbocycles. The lowest BCUT2D eigenvalue weighted by atomic mass is 9.45. The van der Waals surface area contributed by atoms with E-state index in [0.29, 0.717) is 25.2 Å². The third-order valence-corrected chi connectivity index (χ3v) is 9.61. The Morgan fingerprint density at radius 2 is 1.82 bits per heavy atom. The summed E-state index contributed by atoms with van der Waals surface area (Å²) in [5, 5.41) is 9.12. The molecule has 0 aromatic heterocycles. The summed E-state index contributed by atoms with van der Waals surface area (Å²) < 4.78 is 12.0. The van der Waals surface area contributed by atoms with Crippen LogP contribution in [-0.2, 0) is 28.7 Å². The molecule has 4 aliphatic carbocycles. The number of ether oxygens (including phenoxy) is 2. The number of fused-ring (bicyclic) bond motifs is 5. The predicted molar refractivity (Wildman–Crippen MR) is 119 cm³/mol. The van der Waals surface area contributed by atoms with Gasteiger partial charge in [0.15, 0.2) is 5.78 Å². The first-order valence-corrected chi connectivity index (χ1v) is 12.3. The number of carboxylic acids is 1. The quantitative estimate of drug-likeness (QED) is 0.483. The molecule has 0 amide bonds. The van der Waals surface area contributed by atoms with Crippen molar-refractivity contribution < 1.29 is 33.8 Å². The highest BCUT2D eigenvalue weighted by molar-refractivity contribution is 5.92. The zero-order valence-electron chi connectivity index (χ0n) is 20.1. The van der Waals surface area contributed by atoms with E-state index in [2.05, 4.69) is 13.8 Å². The van der Waals surface area contributed by atoms with Crippen LogP contribution in [0.15, 0.2) is 11.6 Å². The lowest BCUT2D eigenvalue weighted by molar-refractivity contribution is -0.204. The van der Waals surface area contributed by atoms with E-state index >= 15 is 0 Å². The maximum absolute atomic E-state index is 12.5. The van der Waals surface area contributed by atoms with Crippen LogP contribution in [0.1, 0.15) is 85.5 Å². The van der Waals surface area contributed by atoms with E-state index in [-0.39, 0.29) is 34.4 Å². The van der Waals surface area contributed by atoms with Crippen LogP contribution < -0.4 is 0 Å². The first-order chi connectivity index (χ1) is 15.4. The Morgan fingerprint density at radius 3 is 2.48 bits per heavy atom. The monoisotopic (exact) mass is 460 g/mol. The molecular weight excluding hydrogens is 424 g/mol. The van der Waals surface area contributed by atoms with Gasteiger partial charge in [-0.05, 0) is 68.8 Å². The van der Waals surface area contributed by atoms with Gasteiger partial charge in [0.25, 0.3) is 0 Å². The first-order valence-electron chi connectivity index (χ1n) is 12.3. The summed E-state index contributed by atoms with van der Waals surface area (Å²) >= 11 is 0. The zero-order chi connectivity index (χ0) is 24.2. The molecule has 3 unspecified atom stereocenters. The molecule has 0 heterocycles. The molecule has 3 saturated carbocycles. The second kappa shape index (κ2) is 8.24. The van der Waals surface area contributed by atoms with Crippen molar-refractivity contribution in [1.82, 2.24) is 0 Å². The fourth-order valence-corrected chi connectivity index (χ4v) is 7.79. The molecule has 0 radical (unpaired) electrons. The highest BCUT2D eigenvalue weighted by atomic mass is 16.6. The second-order valence-corrected chi connectivity index (χ2v) is 11.2. The van der Waals surface area contributed by atoms with E-state index in [1.807, 2.05) is 6.92 Å². The molecule has 7 heteroatoms. The molecule has 7 nitrogen and oxygen atoms in total. The fourth-order valence-electron chi connectivity index (χ4n) is 7.79. The molecule has 0 aromatic rings. The molecule has 1 N–H and O–H groups in total. The number of allylic oxidation sites excluding steroid dienone is 1. The van der Waals surface area contributed by atoms with Crippen molar-refractivity contribution in [2.75, 3.05) is 0 Å². The first kappa shape index (κ1) is 24.0. The number of carbonyl (C=O) groups is 4. The number of carbonyl (C=O) groups excluding carboxylic acids is 3. The minimum atomic E-state index is -1.21. The van der Waals surface area contributed by atoms with Gasteiger partial charge in [0.1, 0.15) is 18.1 Å². The van der Waals surface area contributed by atoms with Gasteiger partial charge in [-0.25, -0.2) is 0 Å². The topological polar surface area (TPSA) is 107 Å². The summed E-state index contributed by atoms with van der Waals surface area (Å²) in [6, 6.07) is 0. The fraction of sp³-hybridized carbons (Fsp3) is 0.769. The summed E-state index contributed by atoms with van der Waals surface area (Å²) in [6.07, 6.45) is 6.10. The van der Waals surface area contributed by atoms with Crippen molar-refractivity contribution in [1.29, 1.82) is 0 Å². The largest absolute Gasteiger partial charge is 0.481 e. The number of ketones is 1. The Bertz CT molecular complexity index is 906. The minimum absolute atomic E-state index is 0.0191. The molecule has 0 aliphatic heterocycles. The standard InChI is InChI=1S/C26H36O7/c1-5-21(30)33-26(4)11-9-18-17-7-6-15-12-16(27)8-10-24(15,2)23(17)19(14-25(18,26)3)32-22(31)13-20(28)29/h12,17-19,23H,5-11,13-14H2,1-4H3,(H,28,29)/t17?,18?,19-,23?,24+,25+,26+/m1/s1. The summed E-state index contributed by atoms with van der Waals surface area (Å²) in [5.41, 5.74) is -0.158. The minimum Gasteiger partial charge on any atom is -0.481 e. The van der Waals surface area contributed by atoms with Gasteiger partial charge in [-0.3, -0.25) is 19.2 Å². The molecule has 33 heavy (non-hydrogen) atoms. The average molecular weight is 461 g/mol. The zero-order valence-corrected chi connectivity index (χ0v) is 20.1. The van der Waals surface area contributed by atoms with Crippen molar-refractivity contribution in [3.63, 3.8) is 0 Å². The maximum Gasteiger partial charge on any atom is 0.317 e. The van der Waals surface area contributed by atoms with Crippen LogP contribution in [0.4, 0.5) is 0 Å². The number of carboxylic acid groups (broad SMARTS) is 1. The summed E-state index contributed by atoms with van der Waals surface area (Å²) in [7, 11) is 0. The summed E-state index contributed by atoms with van der Waals surface area (Å²) in [5.74, 6) is -1.44. The van der Waals surface area contributed by atoms with E-state index in [1.54, 1.807) is 13.0 Å². The van der Waals surface area contributed by atoms with E-state index in [9.17, 15) is 19.2 Å². The van der Waals surface area contributed by atoms with Gasteiger partial charge in [0.2, 0.25) is 0 Å². The summed E-state index contributed by atoms with van der Waals surface area (Å²) in [4.78, 5) is 48.2. The number of aliphatic carboxylic acids is 1. The van der Waals surface area contributed by atoms with Crippen LogP contribution in [0.3, 0.4) is 0 Å². The lowest BCUT2D eigenvalue weighted by Gasteiger charge is -2.61. The lowest BCUT2D eigenvalue weighted by Crippen LogP contribution is -2.60.